The lowest BCUT2D eigenvalue weighted by molar-refractivity contribution is -0.119. The molecule has 0 spiro atoms. The Labute approximate surface area is 194 Å². The summed E-state index contributed by atoms with van der Waals surface area (Å²) in [5.41, 5.74) is 1.04. The third-order valence-corrected chi connectivity index (χ3v) is 5.54. The molecule has 0 bridgehead atoms. The molecule has 0 fully saturated rings. The van der Waals surface area contributed by atoms with Gasteiger partial charge in [-0.25, -0.2) is 4.79 Å². The Balaban J connectivity index is 1.30. The van der Waals surface area contributed by atoms with Crippen LogP contribution in [0.1, 0.15) is 48.6 Å². The molecule has 0 unspecified atom stereocenters. The first kappa shape index (κ1) is 21.4. The van der Waals surface area contributed by atoms with Gasteiger partial charge in [-0.05, 0) is 18.2 Å². The van der Waals surface area contributed by atoms with E-state index in [1.165, 1.54) is 18.2 Å². The number of carbonyl (C=O) groups excluding carboxylic acids is 4. The third kappa shape index (κ3) is 3.90. The number of fused-ring (bicyclic) bond motifs is 3. The number of hydrogen-bond donors (Lipinski definition) is 1. The molecule has 8 nitrogen and oxygen atoms in total. The molecule has 170 valence electrons. The van der Waals surface area contributed by atoms with Gasteiger partial charge in [-0.2, -0.15) is 0 Å². The van der Waals surface area contributed by atoms with E-state index in [0.717, 1.165) is 6.42 Å². The van der Waals surface area contributed by atoms with Gasteiger partial charge in [0.05, 0.1) is 18.8 Å². The summed E-state index contributed by atoms with van der Waals surface area (Å²) in [7, 11) is 0. The molecule has 0 aromatic heterocycles. The fourth-order valence-corrected chi connectivity index (χ4v) is 3.96. The molecule has 8 heteroatoms. The molecule has 1 N–H and O–H groups in total. The van der Waals surface area contributed by atoms with Crippen LogP contribution >= 0.6 is 0 Å². The minimum atomic E-state index is -0.869. The zero-order chi connectivity index (χ0) is 23.7. The van der Waals surface area contributed by atoms with Gasteiger partial charge < -0.3 is 19.5 Å². The molecule has 1 heterocycles. The summed E-state index contributed by atoms with van der Waals surface area (Å²) in [6, 6.07) is 15.8. The number of carbonyl (C=O) groups is 4. The van der Waals surface area contributed by atoms with Crippen molar-refractivity contribution in [1.29, 1.82) is 0 Å². The van der Waals surface area contributed by atoms with Crippen LogP contribution in [0.5, 0.6) is 11.5 Å². The maximum Gasteiger partial charge on any atom is 0.339 e. The molecule has 2 aliphatic rings. The molecule has 1 aliphatic heterocycles. The molecule has 0 saturated heterocycles. The standard InChI is InChI=1S/C26H19NO7/c28-22(27-15-9-10-20-21(13-15)33-12-4-11-32-20)14-34-26(31)19-8-3-7-18-23(19)25(30)17-6-2-1-5-16(17)24(18)29/h1-3,5-10,13H,4,11-12,14H2,(H,27,28). The highest BCUT2D eigenvalue weighted by Gasteiger charge is 2.33. The minimum absolute atomic E-state index is 0.0143. The lowest BCUT2D eigenvalue weighted by Gasteiger charge is -2.19. The first-order chi connectivity index (χ1) is 16.5. The molecule has 3 aromatic rings. The zero-order valence-corrected chi connectivity index (χ0v) is 18.0. The van der Waals surface area contributed by atoms with Crippen molar-refractivity contribution in [3.63, 3.8) is 0 Å². The van der Waals surface area contributed by atoms with Crippen LogP contribution < -0.4 is 14.8 Å². The van der Waals surface area contributed by atoms with E-state index in [9.17, 15) is 19.2 Å². The predicted octanol–water partition coefficient (Wildman–Crippen LogP) is 3.42. The normalized spacial score (nSPS) is 13.9. The first-order valence-corrected chi connectivity index (χ1v) is 10.7. The van der Waals surface area contributed by atoms with Gasteiger partial charge in [0.25, 0.3) is 5.91 Å². The number of rotatable bonds is 4. The van der Waals surface area contributed by atoms with Gasteiger partial charge in [0, 0.05) is 40.4 Å². The Morgan fingerprint density at radius 1 is 0.824 bits per heavy atom. The summed E-state index contributed by atoms with van der Waals surface area (Å²) in [6.45, 7) is 0.488. The minimum Gasteiger partial charge on any atom is -0.490 e. The second kappa shape index (κ2) is 8.82. The lowest BCUT2D eigenvalue weighted by Crippen LogP contribution is -2.26. The van der Waals surface area contributed by atoms with E-state index in [0.29, 0.717) is 36.0 Å². The number of benzene rings is 3. The van der Waals surface area contributed by atoms with Crippen molar-refractivity contribution in [2.45, 2.75) is 6.42 Å². The van der Waals surface area contributed by atoms with E-state index in [2.05, 4.69) is 5.32 Å². The highest BCUT2D eigenvalue weighted by atomic mass is 16.5. The predicted molar refractivity (Wildman–Crippen MR) is 121 cm³/mol. The van der Waals surface area contributed by atoms with Crippen molar-refractivity contribution in [2.24, 2.45) is 0 Å². The van der Waals surface area contributed by atoms with Crippen molar-refractivity contribution in [1.82, 2.24) is 0 Å². The second-order valence-electron chi connectivity index (χ2n) is 7.77. The van der Waals surface area contributed by atoms with E-state index in [-0.39, 0.29) is 28.0 Å². The molecule has 3 aromatic carbocycles. The van der Waals surface area contributed by atoms with Crippen molar-refractivity contribution in [3.05, 3.63) is 88.5 Å². The fourth-order valence-electron chi connectivity index (χ4n) is 3.96. The lowest BCUT2D eigenvalue weighted by atomic mass is 9.82. The van der Waals surface area contributed by atoms with Crippen LogP contribution in [0.3, 0.4) is 0 Å². The van der Waals surface area contributed by atoms with Crippen molar-refractivity contribution >= 4 is 29.1 Å². The molecular weight excluding hydrogens is 438 g/mol. The van der Waals surface area contributed by atoms with E-state index < -0.39 is 24.3 Å². The smallest absolute Gasteiger partial charge is 0.339 e. The van der Waals surface area contributed by atoms with Crippen LogP contribution in [0, 0.1) is 0 Å². The van der Waals surface area contributed by atoms with Crippen LogP contribution in [-0.4, -0.2) is 43.3 Å². The molecule has 1 aliphatic carbocycles. The van der Waals surface area contributed by atoms with E-state index >= 15 is 0 Å². The summed E-state index contributed by atoms with van der Waals surface area (Å²) in [5.74, 6) is -1.10. The Morgan fingerprint density at radius 3 is 2.32 bits per heavy atom. The summed E-state index contributed by atoms with van der Waals surface area (Å²) in [6.07, 6.45) is 0.759. The van der Waals surface area contributed by atoms with Gasteiger partial charge in [-0.1, -0.05) is 36.4 Å². The Hall–Kier alpha value is -4.46. The van der Waals surface area contributed by atoms with Crippen LogP contribution in [0.15, 0.2) is 60.7 Å². The third-order valence-electron chi connectivity index (χ3n) is 5.54. The summed E-state index contributed by atoms with van der Waals surface area (Å²) in [4.78, 5) is 51.0. The Bertz CT molecular complexity index is 1340. The van der Waals surface area contributed by atoms with Gasteiger partial charge >= 0.3 is 5.97 Å². The number of amides is 1. The Morgan fingerprint density at radius 2 is 1.53 bits per heavy atom. The number of esters is 1. The van der Waals surface area contributed by atoms with Crippen molar-refractivity contribution in [3.8, 4) is 11.5 Å². The van der Waals surface area contributed by atoms with Gasteiger partial charge in [0.15, 0.2) is 29.7 Å². The van der Waals surface area contributed by atoms with Crippen molar-refractivity contribution in [2.75, 3.05) is 25.1 Å². The van der Waals surface area contributed by atoms with Crippen LogP contribution in [0.4, 0.5) is 5.69 Å². The highest BCUT2D eigenvalue weighted by molar-refractivity contribution is 6.30. The summed E-state index contributed by atoms with van der Waals surface area (Å²) in [5, 5.41) is 2.64. The molecule has 5 rings (SSSR count). The average Bonchev–Trinajstić information content (AvgIpc) is 3.10. The second-order valence-corrected chi connectivity index (χ2v) is 7.77. The molecule has 0 atom stereocenters. The maximum atomic E-state index is 13.0. The topological polar surface area (TPSA) is 108 Å². The van der Waals surface area contributed by atoms with E-state index in [4.69, 9.17) is 14.2 Å². The number of ether oxygens (including phenoxy) is 3. The monoisotopic (exact) mass is 457 g/mol. The molecular formula is C26H19NO7. The van der Waals surface area contributed by atoms with Crippen LogP contribution in [0.2, 0.25) is 0 Å². The van der Waals surface area contributed by atoms with Crippen molar-refractivity contribution < 1.29 is 33.4 Å². The first-order valence-electron chi connectivity index (χ1n) is 10.7. The molecule has 0 radical (unpaired) electrons. The van der Waals surface area contributed by atoms with Gasteiger partial charge in [0.2, 0.25) is 0 Å². The highest BCUT2D eigenvalue weighted by Crippen LogP contribution is 2.32. The Kier molecular flexibility index (Phi) is 5.55. The van der Waals surface area contributed by atoms with E-state index in [1.807, 2.05) is 0 Å². The van der Waals surface area contributed by atoms with Crippen LogP contribution in [0.25, 0.3) is 0 Å². The number of anilines is 1. The van der Waals surface area contributed by atoms with Gasteiger partial charge in [0.1, 0.15) is 0 Å². The number of nitrogens with one attached hydrogen (secondary N) is 1. The SMILES string of the molecule is O=C(COC(=O)c1cccc2c1C(=O)c1ccccc1C2=O)Nc1ccc2c(c1)OCCCO2. The number of hydrogen-bond acceptors (Lipinski definition) is 7. The van der Waals surface area contributed by atoms with Gasteiger partial charge in [-0.3, -0.25) is 14.4 Å². The zero-order valence-electron chi connectivity index (χ0n) is 18.0. The summed E-state index contributed by atoms with van der Waals surface area (Å²) < 4.78 is 16.3. The van der Waals surface area contributed by atoms with Crippen LogP contribution in [-0.2, 0) is 9.53 Å². The number of ketones is 2. The largest absolute Gasteiger partial charge is 0.490 e. The maximum absolute atomic E-state index is 13.0. The average molecular weight is 457 g/mol. The molecule has 1 amide bonds. The van der Waals surface area contributed by atoms with Gasteiger partial charge in [-0.15, -0.1) is 0 Å². The fraction of sp³-hybridized carbons (Fsp3) is 0.154. The van der Waals surface area contributed by atoms with E-state index in [1.54, 1.807) is 42.5 Å². The summed E-state index contributed by atoms with van der Waals surface area (Å²) >= 11 is 0. The molecule has 0 saturated carbocycles. The molecule has 34 heavy (non-hydrogen) atoms. The quantitative estimate of drug-likeness (QED) is 0.468.